The quantitative estimate of drug-likeness (QED) is 0.643. The number of piperidine rings is 1. The zero-order valence-corrected chi connectivity index (χ0v) is 13.1. The largest absolute Gasteiger partial charge is 0.466 e. The van der Waals surface area contributed by atoms with Crippen molar-refractivity contribution in [2.75, 3.05) is 32.8 Å². The van der Waals surface area contributed by atoms with Crippen molar-refractivity contribution in [2.24, 2.45) is 5.92 Å². The molecule has 122 valence electrons. The van der Waals surface area contributed by atoms with Gasteiger partial charge in [-0.3, -0.25) is 9.59 Å². The molecule has 8 nitrogen and oxygen atoms in total. The molecule has 0 aromatic carbocycles. The van der Waals surface area contributed by atoms with Crippen molar-refractivity contribution in [3.63, 3.8) is 0 Å². The van der Waals surface area contributed by atoms with E-state index in [1.165, 1.54) is 0 Å². The number of carbonyl (C=O) groups excluding carboxylic acids is 2. The Morgan fingerprint density at radius 2 is 1.90 bits per heavy atom. The maximum atomic E-state index is 12.1. The van der Waals surface area contributed by atoms with Crippen LogP contribution in [0.15, 0.2) is 0 Å². The van der Waals surface area contributed by atoms with Crippen molar-refractivity contribution < 1.29 is 27.5 Å². The van der Waals surface area contributed by atoms with Crippen LogP contribution >= 0.6 is 0 Å². The number of nitrogens with zero attached hydrogens (tertiary/aromatic N) is 1. The summed E-state index contributed by atoms with van der Waals surface area (Å²) in [7, 11) is -3.80. The van der Waals surface area contributed by atoms with Gasteiger partial charge < -0.3 is 9.47 Å². The predicted molar refractivity (Wildman–Crippen MR) is 74.5 cm³/mol. The zero-order valence-electron chi connectivity index (χ0n) is 12.3. The van der Waals surface area contributed by atoms with E-state index in [-0.39, 0.29) is 25.7 Å². The normalized spacial score (nSPS) is 20.0. The number of rotatable bonds is 7. The molecule has 0 radical (unpaired) electrons. The van der Waals surface area contributed by atoms with Gasteiger partial charge in [0.15, 0.2) is 0 Å². The summed E-state index contributed by atoms with van der Waals surface area (Å²) in [6.45, 7) is 3.76. The Labute approximate surface area is 125 Å². The third-order valence-electron chi connectivity index (χ3n) is 3.05. The van der Waals surface area contributed by atoms with Crippen molar-refractivity contribution in [3.05, 3.63) is 0 Å². The highest BCUT2D eigenvalue weighted by molar-refractivity contribution is 7.87. The Morgan fingerprint density at radius 1 is 1.24 bits per heavy atom. The van der Waals surface area contributed by atoms with E-state index in [0.717, 1.165) is 4.31 Å². The second-order valence-electron chi connectivity index (χ2n) is 4.58. The van der Waals surface area contributed by atoms with Crippen molar-refractivity contribution in [1.29, 1.82) is 0 Å². The van der Waals surface area contributed by atoms with Gasteiger partial charge in [-0.25, -0.2) is 0 Å². The molecule has 0 spiro atoms. The molecule has 1 N–H and O–H groups in total. The summed E-state index contributed by atoms with van der Waals surface area (Å²) < 4.78 is 37.1. The molecular weight excluding hydrogens is 300 g/mol. The molecule has 1 heterocycles. The van der Waals surface area contributed by atoms with E-state index < -0.39 is 28.6 Å². The maximum Gasteiger partial charge on any atom is 0.321 e. The van der Waals surface area contributed by atoms with Crippen LogP contribution in [-0.2, 0) is 29.3 Å². The van der Waals surface area contributed by atoms with E-state index in [2.05, 4.69) is 9.46 Å². The Balaban J connectivity index is 2.57. The Kier molecular flexibility index (Phi) is 7.06. The highest BCUT2D eigenvalue weighted by Crippen LogP contribution is 2.19. The topological polar surface area (TPSA) is 102 Å². The molecule has 9 heteroatoms. The molecule has 1 fully saturated rings. The minimum absolute atomic E-state index is 0.0665. The number of hydrogen-bond acceptors (Lipinski definition) is 6. The van der Waals surface area contributed by atoms with Gasteiger partial charge in [-0.15, -0.1) is 0 Å². The molecule has 1 rings (SSSR count). The van der Waals surface area contributed by atoms with E-state index in [0.29, 0.717) is 19.4 Å². The van der Waals surface area contributed by atoms with Gasteiger partial charge in [-0.2, -0.15) is 17.4 Å². The van der Waals surface area contributed by atoms with E-state index in [9.17, 15) is 18.0 Å². The summed E-state index contributed by atoms with van der Waals surface area (Å²) in [6.07, 6.45) is 1.17. The third kappa shape index (κ3) is 5.60. The number of nitrogens with one attached hydrogen (secondary N) is 1. The summed E-state index contributed by atoms with van der Waals surface area (Å²) in [6, 6.07) is 0. The van der Waals surface area contributed by atoms with Crippen LogP contribution in [0.25, 0.3) is 0 Å². The van der Waals surface area contributed by atoms with Crippen LogP contribution in [-0.4, -0.2) is 57.5 Å². The monoisotopic (exact) mass is 322 g/mol. The van der Waals surface area contributed by atoms with Crippen molar-refractivity contribution in [1.82, 2.24) is 9.03 Å². The first kappa shape index (κ1) is 17.9. The summed E-state index contributed by atoms with van der Waals surface area (Å²) >= 11 is 0. The molecule has 21 heavy (non-hydrogen) atoms. The van der Waals surface area contributed by atoms with Gasteiger partial charge in [0, 0.05) is 13.1 Å². The zero-order chi connectivity index (χ0) is 15.9. The van der Waals surface area contributed by atoms with E-state index in [1.807, 2.05) is 0 Å². The van der Waals surface area contributed by atoms with Crippen LogP contribution in [0.3, 0.4) is 0 Å². The minimum atomic E-state index is -3.80. The van der Waals surface area contributed by atoms with E-state index in [1.54, 1.807) is 13.8 Å². The molecule has 0 bridgehead atoms. The second kappa shape index (κ2) is 8.30. The first-order chi connectivity index (χ1) is 9.90. The van der Waals surface area contributed by atoms with Crippen molar-refractivity contribution in [3.8, 4) is 0 Å². The van der Waals surface area contributed by atoms with Gasteiger partial charge in [0.05, 0.1) is 19.1 Å². The average Bonchev–Trinajstić information content (AvgIpc) is 2.46. The first-order valence-electron chi connectivity index (χ1n) is 6.97. The second-order valence-corrected chi connectivity index (χ2v) is 6.34. The van der Waals surface area contributed by atoms with Crippen LogP contribution in [0.1, 0.15) is 26.7 Å². The molecule has 0 aromatic heterocycles. The molecule has 0 aromatic rings. The first-order valence-corrected chi connectivity index (χ1v) is 8.41. The van der Waals surface area contributed by atoms with Crippen LogP contribution in [0, 0.1) is 5.92 Å². The summed E-state index contributed by atoms with van der Waals surface area (Å²) in [5, 5.41) is 0. The molecule has 1 aliphatic heterocycles. The molecule has 1 atom stereocenters. The van der Waals surface area contributed by atoms with E-state index >= 15 is 0 Å². The summed E-state index contributed by atoms with van der Waals surface area (Å²) in [5.41, 5.74) is 0. The smallest absolute Gasteiger partial charge is 0.321 e. The fourth-order valence-electron chi connectivity index (χ4n) is 2.07. The van der Waals surface area contributed by atoms with Crippen LogP contribution < -0.4 is 4.72 Å². The van der Waals surface area contributed by atoms with E-state index in [4.69, 9.17) is 4.74 Å². The molecule has 1 aliphatic rings. The lowest BCUT2D eigenvalue weighted by Crippen LogP contribution is -2.48. The molecule has 0 saturated carbocycles. The van der Waals surface area contributed by atoms with Gasteiger partial charge in [0.1, 0.15) is 6.54 Å². The maximum absolute atomic E-state index is 12.1. The Morgan fingerprint density at radius 3 is 2.52 bits per heavy atom. The fourth-order valence-corrected chi connectivity index (χ4v) is 3.30. The van der Waals surface area contributed by atoms with Gasteiger partial charge in [0.2, 0.25) is 0 Å². The van der Waals surface area contributed by atoms with Gasteiger partial charge in [-0.05, 0) is 26.7 Å². The molecule has 0 aliphatic carbocycles. The molecule has 1 saturated heterocycles. The summed E-state index contributed by atoms with van der Waals surface area (Å²) in [5.74, 6) is -1.49. The third-order valence-corrected chi connectivity index (χ3v) is 4.57. The van der Waals surface area contributed by atoms with Crippen molar-refractivity contribution >= 4 is 22.1 Å². The van der Waals surface area contributed by atoms with Crippen molar-refractivity contribution in [2.45, 2.75) is 26.7 Å². The number of esters is 2. The molecular formula is C12H22N2O6S. The molecule has 1 unspecified atom stereocenters. The Hall–Kier alpha value is -1.19. The Bertz CT molecular complexity index is 464. The molecule has 0 amide bonds. The lowest BCUT2D eigenvalue weighted by molar-refractivity contribution is -0.149. The number of hydrogen-bond donors (Lipinski definition) is 1. The minimum Gasteiger partial charge on any atom is -0.466 e. The van der Waals surface area contributed by atoms with Crippen LogP contribution in [0.2, 0.25) is 0 Å². The summed E-state index contributed by atoms with van der Waals surface area (Å²) in [4.78, 5) is 22.9. The highest BCUT2D eigenvalue weighted by Gasteiger charge is 2.33. The lowest BCUT2D eigenvalue weighted by Gasteiger charge is -2.30. The lowest BCUT2D eigenvalue weighted by atomic mass is 10.0. The van der Waals surface area contributed by atoms with Gasteiger partial charge in [-0.1, -0.05) is 0 Å². The average molecular weight is 322 g/mol. The SMILES string of the molecule is CCOC(=O)CNS(=O)(=O)N1CCCC(C(=O)OCC)C1. The van der Waals surface area contributed by atoms with Gasteiger partial charge >= 0.3 is 11.9 Å². The van der Waals surface area contributed by atoms with Crippen LogP contribution in [0.4, 0.5) is 0 Å². The van der Waals surface area contributed by atoms with Crippen LogP contribution in [0.5, 0.6) is 0 Å². The van der Waals surface area contributed by atoms with Gasteiger partial charge in [0.25, 0.3) is 10.2 Å². The number of carbonyl (C=O) groups is 2. The predicted octanol–water partition coefficient (Wildman–Crippen LogP) is -0.341. The standard InChI is InChI=1S/C12H22N2O6S/c1-3-19-11(15)8-13-21(17,18)14-7-5-6-10(9-14)12(16)20-4-2/h10,13H,3-9H2,1-2H3. The fraction of sp³-hybridized carbons (Fsp3) is 0.833. The number of ether oxygens (including phenoxy) is 2. The highest BCUT2D eigenvalue weighted by atomic mass is 32.2.